The smallest absolute Gasteiger partial charge is 0.298 e. The Hall–Kier alpha value is -4.13. The molecule has 7 heteroatoms. The highest BCUT2D eigenvalue weighted by Crippen LogP contribution is 2.27. The molecule has 0 unspecified atom stereocenters. The zero-order valence-electron chi connectivity index (χ0n) is 14.6. The lowest BCUT2D eigenvalue weighted by Crippen LogP contribution is -2.42. The van der Waals surface area contributed by atoms with E-state index in [0.717, 1.165) is 0 Å². The molecule has 0 saturated carbocycles. The fraction of sp³-hybridized carbons (Fsp3) is 0. The van der Waals surface area contributed by atoms with Crippen molar-refractivity contribution in [1.29, 1.82) is 5.41 Å². The van der Waals surface area contributed by atoms with Gasteiger partial charge in [-0.25, -0.2) is 9.59 Å². The Morgan fingerprint density at radius 1 is 0.679 bits per heavy atom. The second-order valence-electron chi connectivity index (χ2n) is 5.89. The summed E-state index contributed by atoms with van der Waals surface area (Å²) in [4.78, 5) is 36.8. The molecule has 0 amide bonds. The Morgan fingerprint density at radius 2 is 1.07 bits per heavy atom. The summed E-state index contributed by atoms with van der Waals surface area (Å²) in [7, 11) is 0. The maximum absolute atomic E-state index is 12.5. The molecule has 28 heavy (non-hydrogen) atoms. The molecule has 0 bridgehead atoms. The largest absolute Gasteiger partial charge is 0.368 e. The van der Waals surface area contributed by atoms with Crippen molar-refractivity contribution >= 4 is 29.3 Å². The Bertz CT molecular complexity index is 961. The monoisotopic (exact) mass is 373 g/mol. The molecule has 1 heterocycles. The second kappa shape index (κ2) is 7.24. The van der Waals surface area contributed by atoms with Crippen molar-refractivity contribution in [1.82, 2.24) is 5.23 Å². The van der Waals surface area contributed by atoms with Gasteiger partial charge in [0.25, 0.3) is 5.96 Å². The highest BCUT2D eigenvalue weighted by atomic mass is 17.0. The Balaban J connectivity index is 1.72. The number of hydrogen-bond acceptors (Lipinski definition) is 5. The van der Waals surface area contributed by atoms with Gasteiger partial charge >= 0.3 is 11.9 Å². The third kappa shape index (κ3) is 3.16. The minimum Gasteiger partial charge on any atom is -0.298 e. The van der Waals surface area contributed by atoms with Gasteiger partial charge in [0.15, 0.2) is 0 Å². The van der Waals surface area contributed by atoms with Crippen LogP contribution in [0.2, 0.25) is 0 Å². The van der Waals surface area contributed by atoms with Gasteiger partial charge in [0.05, 0.1) is 11.1 Å². The van der Waals surface area contributed by atoms with E-state index in [4.69, 9.17) is 15.1 Å². The van der Waals surface area contributed by atoms with Gasteiger partial charge in [-0.2, -0.15) is 0 Å². The van der Waals surface area contributed by atoms with Crippen LogP contribution in [-0.4, -0.2) is 23.1 Å². The van der Waals surface area contributed by atoms with Gasteiger partial charge in [-0.15, -0.1) is 0 Å². The van der Waals surface area contributed by atoms with Gasteiger partial charge in [-0.05, 0) is 36.4 Å². The van der Waals surface area contributed by atoms with E-state index in [-0.39, 0.29) is 17.1 Å². The van der Waals surface area contributed by atoms with Crippen molar-refractivity contribution in [3.63, 3.8) is 0 Å². The van der Waals surface area contributed by atoms with Gasteiger partial charge in [0, 0.05) is 16.6 Å². The van der Waals surface area contributed by atoms with E-state index in [1.807, 2.05) is 36.4 Å². The number of para-hydroxylation sites is 2. The summed E-state index contributed by atoms with van der Waals surface area (Å²) in [5.74, 6) is -1.92. The van der Waals surface area contributed by atoms with Gasteiger partial charge < -0.3 is 0 Å². The van der Waals surface area contributed by atoms with E-state index >= 15 is 0 Å². The average molecular weight is 373 g/mol. The molecule has 3 aromatic carbocycles. The number of benzene rings is 3. The number of rotatable bonds is 2. The molecule has 4 rings (SSSR count). The van der Waals surface area contributed by atoms with E-state index in [9.17, 15) is 9.59 Å². The number of fused-ring (bicyclic) bond motifs is 1. The zero-order chi connectivity index (χ0) is 19.5. The fourth-order valence-electron chi connectivity index (χ4n) is 2.82. The van der Waals surface area contributed by atoms with Crippen LogP contribution in [0.15, 0.2) is 84.9 Å². The van der Waals surface area contributed by atoms with Crippen molar-refractivity contribution in [2.75, 3.05) is 4.90 Å². The second-order valence-corrected chi connectivity index (χ2v) is 5.89. The lowest BCUT2D eigenvalue weighted by atomic mass is 10.1. The van der Waals surface area contributed by atoms with Crippen LogP contribution in [0.4, 0.5) is 11.4 Å². The number of hydroxylamine groups is 2. The van der Waals surface area contributed by atoms with Crippen LogP contribution in [0.5, 0.6) is 0 Å². The van der Waals surface area contributed by atoms with Gasteiger partial charge in [-0.1, -0.05) is 48.5 Å². The predicted octanol–water partition coefficient (Wildman–Crippen LogP) is 3.92. The van der Waals surface area contributed by atoms with E-state index in [1.165, 1.54) is 17.0 Å². The summed E-state index contributed by atoms with van der Waals surface area (Å²) >= 11 is 0. The first-order valence-electron chi connectivity index (χ1n) is 8.47. The number of guanidine groups is 1. The first kappa shape index (κ1) is 17.3. The molecule has 0 radical (unpaired) electrons. The van der Waals surface area contributed by atoms with E-state index in [1.54, 1.807) is 36.4 Å². The van der Waals surface area contributed by atoms with Crippen molar-refractivity contribution in [2.45, 2.75) is 0 Å². The highest BCUT2D eigenvalue weighted by Gasteiger charge is 2.34. The number of hydrogen-bond donors (Lipinski definition) is 1. The Morgan fingerprint density at radius 3 is 1.50 bits per heavy atom. The predicted molar refractivity (Wildman–Crippen MR) is 102 cm³/mol. The number of nitrogens with zero attached hydrogens (tertiary/aromatic N) is 2. The van der Waals surface area contributed by atoms with Crippen LogP contribution in [0.1, 0.15) is 20.7 Å². The maximum Gasteiger partial charge on any atom is 0.368 e. The van der Waals surface area contributed by atoms with Crippen molar-refractivity contribution in [2.24, 2.45) is 0 Å². The van der Waals surface area contributed by atoms with E-state index in [0.29, 0.717) is 16.6 Å². The average Bonchev–Trinajstić information content (AvgIpc) is 2.87. The number of nitrogens with one attached hydrogen (secondary N) is 1. The van der Waals surface area contributed by atoms with Crippen LogP contribution < -0.4 is 4.90 Å². The number of anilines is 2. The molecule has 1 N–H and O–H groups in total. The minimum absolute atomic E-state index is 0.0776. The summed E-state index contributed by atoms with van der Waals surface area (Å²) in [5, 5.41) is 9.13. The van der Waals surface area contributed by atoms with Gasteiger partial charge in [-0.3, -0.25) is 20.0 Å². The van der Waals surface area contributed by atoms with Gasteiger partial charge in [0.2, 0.25) is 0 Å². The topological polar surface area (TPSA) is 82.9 Å². The van der Waals surface area contributed by atoms with Crippen LogP contribution >= 0.6 is 0 Å². The summed E-state index contributed by atoms with van der Waals surface area (Å²) < 4.78 is 0. The molecule has 0 aromatic heterocycles. The lowest BCUT2D eigenvalue weighted by molar-refractivity contribution is -0.241. The standard InChI is InChI=1S/C21H15N3O4/c22-21(23(15-9-3-1-4-10-15)16-11-5-2-6-12-16)24-27-19(25)17-13-7-8-14-18(17)20(26)28-24/h1-14,22H. The quantitative estimate of drug-likeness (QED) is 0.542. The molecule has 0 aliphatic carbocycles. The van der Waals surface area contributed by atoms with Crippen LogP contribution in [0, 0.1) is 5.41 Å². The number of carbonyl (C=O) groups excluding carboxylic acids is 2. The van der Waals surface area contributed by atoms with Crippen molar-refractivity contribution < 1.29 is 19.3 Å². The normalized spacial score (nSPS) is 13.1. The van der Waals surface area contributed by atoms with Crippen LogP contribution in [0.25, 0.3) is 0 Å². The molecule has 0 atom stereocenters. The molecular formula is C21H15N3O4. The summed E-state index contributed by atoms with van der Waals surface area (Å²) in [6.07, 6.45) is 0. The summed E-state index contributed by atoms with van der Waals surface area (Å²) in [5.41, 5.74) is 1.42. The lowest BCUT2D eigenvalue weighted by Gasteiger charge is -2.29. The van der Waals surface area contributed by atoms with E-state index < -0.39 is 11.9 Å². The molecule has 1 aliphatic heterocycles. The Labute approximate surface area is 160 Å². The molecule has 7 nitrogen and oxygen atoms in total. The molecule has 0 fully saturated rings. The molecule has 0 saturated heterocycles. The third-order valence-corrected chi connectivity index (χ3v) is 4.11. The van der Waals surface area contributed by atoms with Crippen LogP contribution in [-0.2, 0) is 9.68 Å². The molecule has 0 spiro atoms. The highest BCUT2D eigenvalue weighted by molar-refractivity contribution is 6.06. The number of carbonyl (C=O) groups is 2. The third-order valence-electron chi connectivity index (χ3n) is 4.11. The summed E-state index contributed by atoms with van der Waals surface area (Å²) in [6, 6.07) is 24.3. The molecule has 1 aliphatic rings. The zero-order valence-corrected chi connectivity index (χ0v) is 14.6. The van der Waals surface area contributed by atoms with Crippen LogP contribution in [0.3, 0.4) is 0 Å². The van der Waals surface area contributed by atoms with Crippen molar-refractivity contribution in [3.05, 3.63) is 96.1 Å². The van der Waals surface area contributed by atoms with Crippen molar-refractivity contribution in [3.8, 4) is 0 Å². The van der Waals surface area contributed by atoms with E-state index in [2.05, 4.69) is 0 Å². The fourth-order valence-corrected chi connectivity index (χ4v) is 2.82. The Kier molecular flexibility index (Phi) is 4.47. The van der Waals surface area contributed by atoms with Gasteiger partial charge in [0.1, 0.15) is 0 Å². The first-order chi connectivity index (χ1) is 13.6. The SMILES string of the molecule is N=C(N1OC(=O)c2ccccc2C(=O)O1)N(c1ccccc1)c1ccccc1. The first-order valence-corrected chi connectivity index (χ1v) is 8.47. The molecule has 138 valence electrons. The molecule has 3 aromatic rings. The minimum atomic E-state index is -0.785. The maximum atomic E-state index is 12.5. The summed E-state index contributed by atoms with van der Waals surface area (Å²) in [6.45, 7) is 0. The molecular weight excluding hydrogens is 358 g/mol.